The monoisotopic (exact) mass is 287 g/mol. The summed E-state index contributed by atoms with van der Waals surface area (Å²) in [6, 6.07) is 0.265. The highest BCUT2D eigenvalue weighted by molar-refractivity contribution is 6.07. The lowest BCUT2D eigenvalue weighted by Crippen LogP contribution is -2.30. The van der Waals surface area contributed by atoms with Gasteiger partial charge in [0.15, 0.2) is 0 Å². The van der Waals surface area contributed by atoms with E-state index in [1.807, 2.05) is 0 Å². The van der Waals surface area contributed by atoms with Crippen LogP contribution in [0.4, 0.5) is 0 Å². The second-order valence-electron chi connectivity index (χ2n) is 6.46. The molecule has 3 fully saturated rings. The van der Waals surface area contributed by atoms with Gasteiger partial charge in [0.25, 0.3) is 0 Å². The van der Waals surface area contributed by atoms with Crippen molar-refractivity contribution < 1.29 is 10.0 Å². The van der Waals surface area contributed by atoms with Crippen LogP contribution in [0.2, 0.25) is 0 Å². The van der Waals surface area contributed by atoms with Gasteiger partial charge in [-0.25, -0.2) is 0 Å². The van der Waals surface area contributed by atoms with E-state index < -0.39 is 0 Å². The Kier molecular flexibility index (Phi) is 3.10. The second kappa shape index (κ2) is 4.98. The fourth-order valence-corrected chi connectivity index (χ4v) is 4.28. The highest BCUT2D eigenvalue weighted by atomic mass is 16.5. The van der Waals surface area contributed by atoms with E-state index in [9.17, 15) is 10.0 Å². The van der Waals surface area contributed by atoms with Gasteiger partial charge in [-0.1, -0.05) is 12.8 Å². The normalized spacial score (nSPS) is 35.3. The SMILES string of the molecule is O=C1NC2CCCCC2/C1=C1\N=C2CCCCC2=C1NO. The van der Waals surface area contributed by atoms with Gasteiger partial charge in [0.05, 0.1) is 11.4 Å². The van der Waals surface area contributed by atoms with E-state index in [0.29, 0.717) is 11.4 Å². The third-order valence-corrected chi connectivity index (χ3v) is 5.29. The summed E-state index contributed by atoms with van der Waals surface area (Å²) in [7, 11) is 0. The first-order valence-electron chi connectivity index (χ1n) is 8.06. The second-order valence-corrected chi connectivity index (χ2v) is 6.46. The predicted molar refractivity (Wildman–Crippen MR) is 78.8 cm³/mol. The molecule has 0 aromatic rings. The van der Waals surface area contributed by atoms with Gasteiger partial charge in [-0.2, -0.15) is 0 Å². The maximum Gasteiger partial charge on any atom is 0.250 e. The summed E-state index contributed by atoms with van der Waals surface area (Å²) >= 11 is 0. The van der Waals surface area contributed by atoms with E-state index in [4.69, 9.17) is 4.99 Å². The minimum Gasteiger partial charge on any atom is -0.349 e. The van der Waals surface area contributed by atoms with Gasteiger partial charge < -0.3 is 5.32 Å². The molecule has 0 aromatic heterocycles. The van der Waals surface area contributed by atoms with Gasteiger partial charge >= 0.3 is 0 Å². The Balaban J connectivity index is 1.82. The summed E-state index contributed by atoms with van der Waals surface area (Å²) in [6.07, 6.45) is 8.61. The van der Waals surface area contributed by atoms with Crippen molar-refractivity contribution in [3.63, 3.8) is 0 Å². The Morgan fingerprint density at radius 1 is 1.14 bits per heavy atom. The third kappa shape index (κ3) is 1.94. The van der Waals surface area contributed by atoms with Crippen LogP contribution in [-0.2, 0) is 4.79 Å². The lowest BCUT2D eigenvalue weighted by atomic mass is 9.82. The number of rotatable bonds is 1. The summed E-state index contributed by atoms with van der Waals surface area (Å²) in [5.74, 6) is 0.271. The van der Waals surface area contributed by atoms with Crippen LogP contribution in [0.1, 0.15) is 51.4 Å². The van der Waals surface area contributed by atoms with Crippen molar-refractivity contribution in [1.29, 1.82) is 0 Å². The van der Waals surface area contributed by atoms with Crippen LogP contribution < -0.4 is 10.8 Å². The van der Waals surface area contributed by atoms with Crippen LogP contribution in [0.3, 0.4) is 0 Å². The highest BCUT2D eigenvalue weighted by Gasteiger charge is 2.42. The Morgan fingerprint density at radius 3 is 2.81 bits per heavy atom. The molecule has 2 atom stereocenters. The van der Waals surface area contributed by atoms with E-state index in [-0.39, 0.29) is 17.9 Å². The van der Waals surface area contributed by atoms with Crippen molar-refractivity contribution in [3.8, 4) is 0 Å². The average molecular weight is 287 g/mol. The van der Waals surface area contributed by atoms with Crippen molar-refractivity contribution >= 4 is 11.6 Å². The zero-order valence-electron chi connectivity index (χ0n) is 12.1. The lowest BCUT2D eigenvalue weighted by Gasteiger charge is -2.24. The molecule has 5 heteroatoms. The number of hydrogen-bond acceptors (Lipinski definition) is 4. The first-order chi connectivity index (χ1) is 10.3. The molecule has 0 aromatic carbocycles. The molecule has 0 radical (unpaired) electrons. The molecular formula is C16H21N3O2. The zero-order valence-corrected chi connectivity index (χ0v) is 12.1. The Bertz CT molecular complexity index is 588. The molecule has 2 heterocycles. The molecule has 21 heavy (non-hydrogen) atoms. The topological polar surface area (TPSA) is 73.7 Å². The average Bonchev–Trinajstić information content (AvgIpc) is 3.02. The summed E-state index contributed by atoms with van der Waals surface area (Å²) in [5, 5.41) is 12.7. The molecule has 2 saturated carbocycles. The molecule has 2 aliphatic heterocycles. The fraction of sp³-hybridized carbons (Fsp3) is 0.625. The van der Waals surface area contributed by atoms with Gasteiger partial charge in [-0.3, -0.25) is 20.5 Å². The van der Waals surface area contributed by atoms with Crippen molar-refractivity contribution in [2.75, 3.05) is 0 Å². The number of hydrogen-bond donors (Lipinski definition) is 3. The predicted octanol–water partition coefficient (Wildman–Crippen LogP) is 2.19. The van der Waals surface area contributed by atoms with Crippen molar-refractivity contribution in [2.24, 2.45) is 10.9 Å². The van der Waals surface area contributed by atoms with E-state index in [2.05, 4.69) is 10.8 Å². The maximum atomic E-state index is 12.4. The van der Waals surface area contributed by atoms with Gasteiger partial charge in [-0.05, 0) is 38.5 Å². The number of allylic oxidation sites excluding steroid dienone is 1. The Hall–Kier alpha value is -1.62. The number of fused-ring (bicyclic) bond motifs is 2. The minimum atomic E-state index is 0.0123. The van der Waals surface area contributed by atoms with Gasteiger partial charge in [0.2, 0.25) is 5.91 Å². The summed E-state index contributed by atoms with van der Waals surface area (Å²) in [5.41, 5.74) is 6.69. The van der Waals surface area contributed by atoms with Crippen LogP contribution in [0.25, 0.3) is 0 Å². The molecule has 4 rings (SSSR count). The van der Waals surface area contributed by atoms with Gasteiger partial charge in [-0.15, -0.1) is 0 Å². The number of nitrogens with zero attached hydrogens (tertiary/aromatic N) is 1. The highest BCUT2D eigenvalue weighted by Crippen LogP contribution is 2.41. The molecule has 2 aliphatic carbocycles. The van der Waals surface area contributed by atoms with E-state index in [0.717, 1.165) is 55.4 Å². The van der Waals surface area contributed by atoms with E-state index >= 15 is 0 Å². The lowest BCUT2D eigenvalue weighted by molar-refractivity contribution is -0.116. The standard InChI is InChI=1S/C16H21N3O2/c20-16-13(9-5-1-3-7-11(9)18-16)15-14(19-21)10-6-2-4-8-12(10)17-15/h9,11,19,21H,1-8H2,(H,18,20)/b15-13+. The zero-order chi connectivity index (χ0) is 14.4. The summed E-state index contributed by atoms with van der Waals surface area (Å²) < 4.78 is 0. The molecule has 0 spiro atoms. The quantitative estimate of drug-likeness (QED) is 0.511. The Labute approximate surface area is 124 Å². The number of carbonyl (C=O) groups is 1. The minimum absolute atomic E-state index is 0.0123. The van der Waals surface area contributed by atoms with Crippen LogP contribution in [0, 0.1) is 5.92 Å². The van der Waals surface area contributed by atoms with Crippen LogP contribution in [0.5, 0.6) is 0 Å². The molecule has 4 aliphatic rings. The molecule has 1 amide bonds. The number of nitrogens with one attached hydrogen (secondary N) is 2. The number of carbonyl (C=O) groups excluding carboxylic acids is 1. The van der Waals surface area contributed by atoms with Crippen molar-refractivity contribution in [3.05, 3.63) is 22.5 Å². The third-order valence-electron chi connectivity index (χ3n) is 5.29. The smallest absolute Gasteiger partial charge is 0.250 e. The molecule has 3 N–H and O–H groups in total. The van der Waals surface area contributed by atoms with Crippen LogP contribution in [0.15, 0.2) is 27.5 Å². The molecule has 1 saturated heterocycles. The van der Waals surface area contributed by atoms with E-state index in [1.165, 1.54) is 12.8 Å². The van der Waals surface area contributed by atoms with Crippen LogP contribution >= 0.6 is 0 Å². The largest absolute Gasteiger partial charge is 0.349 e. The molecule has 0 bridgehead atoms. The van der Waals surface area contributed by atoms with Crippen molar-refractivity contribution in [2.45, 2.75) is 57.4 Å². The van der Waals surface area contributed by atoms with Crippen molar-refractivity contribution in [1.82, 2.24) is 10.8 Å². The first-order valence-corrected chi connectivity index (χ1v) is 8.06. The molecule has 112 valence electrons. The summed E-state index contributed by atoms with van der Waals surface area (Å²) in [6.45, 7) is 0. The van der Waals surface area contributed by atoms with Gasteiger partial charge in [0.1, 0.15) is 0 Å². The number of amides is 1. The van der Waals surface area contributed by atoms with E-state index in [1.54, 1.807) is 0 Å². The molecule has 5 nitrogen and oxygen atoms in total. The van der Waals surface area contributed by atoms with Crippen LogP contribution in [-0.4, -0.2) is 22.9 Å². The first kappa shape index (κ1) is 13.1. The number of hydroxylamine groups is 1. The molecular weight excluding hydrogens is 266 g/mol. The Morgan fingerprint density at radius 2 is 1.95 bits per heavy atom. The maximum absolute atomic E-state index is 12.4. The van der Waals surface area contributed by atoms with Gasteiger partial charge in [0, 0.05) is 28.8 Å². The fourth-order valence-electron chi connectivity index (χ4n) is 4.28. The number of aliphatic imine (C=N–C) groups is 1. The summed E-state index contributed by atoms with van der Waals surface area (Å²) in [4.78, 5) is 17.1. The molecule has 2 unspecified atom stereocenters.